The van der Waals surface area contributed by atoms with Crippen LogP contribution >= 0.6 is 0 Å². The third-order valence-corrected chi connectivity index (χ3v) is 5.56. The molecule has 2 aromatic rings. The van der Waals surface area contributed by atoms with Crippen LogP contribution in [0.1, 0.15) is 61.4 Å². The molecular weight excluding hydrogens is 416 g/mol. The van der Waals surface area contributed by atoms with E-state index in [1.807, 2.05) is 0 Å². The van der Waals surface area contributed by atoms with E-state index in [-0.39, 0.29) is 16.9 Å². The maximum Gasteiger partial charge on any atom is 0.346 e. The summed E-state index contributed by atoms with van der Waals surface area (Å²) in [7, 11) is 0. The van der Waals surface area contributed by atoms with E-state index in [1.165, 1.54) is 24.3 Å². The van der Waals surface area contributed by atoms with Crippen molar-refractivity contribution in [3.8, 4) is 17.6 Å². The van der Waals surface area contributed by atoms with Gasteiger partial charge in [-0.1, -0.05) is 13.3 Å². The second kappa shape index (κ2) is 11.6. The minimum atomic E-state index is -0.959. The number of esters is 1. The number of hydrogen-bond donors (Lipinski definition) is 0. The molecule has 0 heterocycles. The number of hydrogen-bond acceptors (Lipinski definition) is 5. The van der Waals surface area contributed by atoms with Gasteiger partial charge in [0.2, 0.25) is 0 Å². The van der Waals surface area contributed by atoms with Crippen LogP contribution in [0.5, 0.6) is 11.5 Å². The van der Waals surface area contributed by atoms with Gasteiger partial charge in [-0.25, -0.2) is 13.6 Å². The first-order valence-corrected chi connectivity index (χ1v) is 11.0. The van der Waals surface area contributed by atoms with Gasteiger partial charge in [-0.2, -0.15) is 5.26 Å². The summed E-state index contributed by atoms with van der Waals surface area (Å²) in [5, 5.41) is 8.75. The molecular formula is C25H27F2NO4. The summed E-state index contributed by atoms with van der Waals surface area (Å²) in [4.78, 5) is 12.2. The van der Waals surface area contributed by atoms with Crippen LogP contribution in [0.4, 0.5) is 8.78 Å². The van der Waals surface area contributed by atoms with Gasteiger partial charge in [-0.05, 0) is 62.3 Å². The third-order valence-electron chi connectivity index (χ3n) is 5.56. The Bertz CT molecular complexity index is 965. The molecule has 0 spiro atoms. The standard InChI is InChI=1S/C25H27F2NO4/c1-2-3-12-30-19-7-4-17(5-8-19)16-31-20-10-11-22(24(27)13-20)25(29)32-21-9-6-18(15-28)23(26)14-21/h6,9-11,13-14,17,19H,2-5,7-8,12,16H2,1H3. The number of carbonyl (C=O) groups is 1. The van der Waals surface area contributed by atoms with Gasteiger partial charge >= 0.3 is 5.97 Å². The predicted molar refractivity (Wildman–Crippen MR) is 115 cm³/mol. The molecule has 0 atom stereocenters. The maximum atomic E-state index is 14.5. The average Bonchev–Trinajstić information content (AvgIpc) is 2.79. The number of nitriles is 1. The third kappa shape index (κ3) is 6.51. The summed E-state index contributed by atoms with van der Waals surface area (Å²) in [5.41, 5.74) is -0.457. The summed E-state index contributed by atoms with van der Waals surface area (Å²) >= 11 is 0. The molecule has 1 fully saturated rings. The van der Waals surface area contributed by atoms with Crippen molar-refractivity contribution >= 4 is 5.97 Å². The minimum absolute atomic E-state index is 0.111. The van der Waals surface area contributed by atoms with Crippen molar-refractivity contribution in [1.29, 1.82) is 5.26 Å². The quantitative estimate of drug-likeness (QED) is 0.278. The van der Waals surface area contributed by atoms with E-state index < -0.39 is 17.6 Å². The van der Waals surface area contributed by atoms with E-state index in [0.29, 0.717) is 24.4 Å². The summed E-state index contributed by atoms with van der Waals surface area (Å²) in [6.07, 6.45) is 6.56. The molecule has 1 aliphatic carbocycles. The number of rotatable bonds is 9. The highest BCUT2D eigenvalue weighted by molar-refractivity contribution is 5.91. The summed E-state index contributed by atoms with van der Waals surface area (Å²) in [5.74, 6) is -1.94. The molecule has 0 bridgehead atoms. The number of ether oxygens (including phenoxy) is 3. The van der Waals surface area contributed by atoms with Crippen LogP contribution in [0.25, 0.3) is 0 Å². The first-order valence-electron chi connectivity index (χ1n) is 11.0. The van der Waals surface area contributed by atoms with Crippen molar-refractivity contribution in [2.45, 2.75) is 51.6 Å². The number of nitrogens with zero attached hydrogens (tertiary/aromatic N) is 1. The van der Waals surface area contributed by atoms with E-state index in [4.69, 9.17) is 19.5 Å². The van der Waals surface area contributed by atoms with Crippen LogP contribution in [-0.4, -0.2) is 25.3 Å². The first-order chi connectivity index (χ1) is 15.5. The Balaban J connectivity index is 1.49. The lowest BCUT2D eigenvalue weighted by Crippen LogP contribution is -2.25. The van der Waals surface area contributed by atoms with Crippen LogP contribution in [0, 0.1) is 28.9 Å². The molecule has 0 aromatic heterocycles. The zero-order valence-corrected chi connectivity index (χ0v) is 18.1. The first kappa shape index (κ1) is 23.7. The van der Waals surface area contributed by atoms with Crippen LogP contribution < -0.4 is 9.47 Å². The van der Waals surface area contributed by atoms with E-state index in [2.05, 4.69) is 6.92 Å². The Labute approximate surface area is 186 Å². The van der Waals surface area contributed by atoms with Crippen molar-refractivity contribution in [1.82, 2.24) is 0 Å². The molecule has 3 rings (SSSR count). The number of benzene rings is 2. The lowest BCUT2D eigenvalue weighted by molar-refractivity contribution is 0.0116. The topological polar surface area (TPSA) is 68.6 Å². The maximum absolute atomic E-state index is 14.5. The van der Waals surface area contributed by atoms with Crippen molar-refractivity contribution in [3.05, 3.63) is 59.2 Å². The zero-order chi connectivity index (χ0) is 22.9. The van der Waals surface area contributed by atoms with Crippen molar-refractivity contribution in [3.63, 3.8) is 0 Å². The van der Waals surface area contributed by atoms with Gasteiger partial charge in [0.05, 0.1) is 23.8 Å². The molecule has 1 saturated carbocycles. The fourth-order valence-corrected chi connectivity index (χ4v) is 3.64. The molecule has 170 valence electrons. The Morgan fingerprint density at radius 2 is 1.78 bits per heavy atom. The van der Waals surface area contributed by atoms with Crippen molar-refractivity contribution in [2.24, 2.45) is 5.92 Å². The second-order valence-electron chi connectivity index (χ2n) is 7.96. The largest absolute Gasteiger partial charge is 0.493 e. The van der Waals surface area contributed by atoms with Crippen LogP contribution in [0.15, 0.2) is 36.4 Å². The molecule has 0 saturated heterocycles. The summed E-state index contributed by atoms with van der Waals surface area (Å²) in [6, 6.07) is 9.00. The Kier molecular flexibility index (Phi) is 8.57. The van der Waals surface area contributed by atoms with Gasteiger partial charge in [0.15, 0.2) is 0 Å². The Morgan fingerprint density at radius 3 is 2.44 bits per heavy atom. The monoisotopic (exact) mass is 443 g/mol. The summed E-state index contributed by atoms with van der Waals surface area (Å²) < 4.78 is 44.7. The fourth-order valence-electron chi connectivity index (χ4n) is 3.64. The Hall–Kier alpha value is -2.98. The molecule has 0 amide bonds. The van der Waals surface area contributed by atoms with Gasteiger partial charge in [-0.3, -0.25) is 0 Å². The van der Waals surface area contributed by atoms with Gasteiger partial charge in [0.1, 0.15) is 29.2 Å². The molecule has 2 aromatic carbocycles. The normalized spacial score (nSPS) is 18.1. The zero-order valence-electron chi connectivity index (χ0n) is 18.1. The molecule has 0 aliphatic heterocycles. The lowest BCUT2D eigenvalue weighted by Gasteiger charge is -2.28. The van der Waals surface area contributed by atoms with Crippen molar-refractivity contribution in [2.75, 3.05) is 13.2 Å². The number of unbranched alkanes of at least 4 members (excludes halogenated alkanes) is 1. The highest BCUT2D eigenvalue weighted by atomic mass is 19.1. The predicted octanol–water partition coefficient (Wildman–Crippen LogP) is 5.81. The molecule has 0 unspecified atom stereocenters. The SMILES string of the molecule is CCCCOC1CCC(COc2ccc(C(=O)Oc3ccc(C#N)c(F)c3)c(F)c2)CC1. The van der Waals surface area contributed by atoms with E-state index >= 15 is 0 Å². The fraction of sp³-hybridized carbons (Fsp3) is 0.440. The smallest absolute Gasteiger partial charge is 0.346 e. The van der Waals surface area contributed by atoms with Crippen LogP contribution in [0.2, 0.25) is 0 Å². The second-order valence-corrected chi connectivity index (χ2v) is 7.96. The van der Waals surface area contributed by atoms with Gasteiger partial charge in [-0.15, -0.1) is 0 Å². The number of carbonyl (C=O) groups excluding carboxylic acids is 1. The summed E-state index contributed by atoms with van der Waals surface area (Å²) in [6.45, 7) is 3.44. The molecule has 5 nitrogen and oxygen atoms in total. The molecule has 1 aliphatic rings. The molecule has 32 heavy (non-hydrogen) atoms. The highest BCUT2D eigenvalue weighted by Crippen LogP contribution is 2.28. The average molecular weight is 443 g/mol. The van der Waals surface area contributed by atoms with E-state index in [1.54, 1.807) is 6.07 Å². The van der Waals surface area contributed by atoms with Crippen LogP contribution in [0.3, 0.4) is 0 Å². The molecule has 0 radical (unpaired) electrons. The van der Waals surface area contributed by atoms with Gasteiger partial charge in [0.25, 0.3) is 0 Å². The molecule has 7 heteroatoms. The lowest BCUT2D eigenvalue weighted by atomic mass is 9.88. The van der Waals surface area contributed by atoms with Gasteiger partial charge in [0, 0.05) is 18.7 Å². The minimum Gasteiger partial charge on any atom is -0.493 e. The van der Waals surface area contributed by atoms with E-state index in [9.17, 15) is 13.6 Å². The van der Waals surface area contributed by atoms with E-state index in [0.717, 1.165) is 57.3 Å². The van der Waals surface area contributed by atoms with Crippen LogP contribution in [-0.2, 0) is 4.74 Å². The molecule has 0 N–H and O–H groups in total. The number of halogens is 2. The van der Waals surface area contributed by atoms with Crippen molar-refractivity contribution < 1.29 is 27.8 Å². The van der Waals surface area contributed by atoms with Gasteiger partial charge < -0.3 is 14.2 Å². The highest BCUT2D eigenvalue weighted by Gasteiger charge is 2.22. The Morgan fingerprint density at radius 1 is 1.06 bits per heavy atom.